The Bertz CT molecular complexity index is 1340. The Kier molecular flexibility index (Phi) is 6.08. The van der Waals surface area contributed by atoms with Crippen LogP contribution in [0.1, 0.15) is 57.9 Å². The fourth-order valence-corrected chi connectivity index (χ4v) is 5.12. The minimum Gasteiger partial charge on any atom is -0.489 e. The molecule has 0 bridgehead atoms. The van der Waals surface area contributed by atoms with E-state index in [1.165, 1.54) is 16.3 Å². The van der Waals surface area contributed by atoms with Gasteiger partial charge in [0.05, 0.1) is 5.56 Å². The zero-order valence-corrected chi connectivity index (χ0v) is 19.5. The molecule has 0 radical (unpaired) electrons. The zero-order chi connectivity index (χ0) is 23.7. The van der Waals surface area contributed by atoms with Crippen LogP contribution in [0.5, 0.6) is 5.75 Å². The monoisotopic (exact) mass is 451 g/mol. The summed E-state index contributed by atoms with van der Waals surface area (Å²) >= 11 is 0. The van der Waals surface area contributed by atoms with Gasteiger partial charge < -0.3 is 15.2 Å². The molecule has 0 saturated heterocycles. The van der Waals surface area contributed by atoms with Gasteiger partial charge in [0.2, 0.25) is 0 Å². The molecule has 0 amide bonds. The average molecular weight is 452 g/mol. The van der Waals surface area contributed by atoms with Gasteiger partial charge >= 0.3 is 5.97 Å². The highest BCUT2D eigenvalue weighted by Crippen LogP contribution is 2.41. The molecule has 1 aliphatic rings. The van der Waals surface area contributed by atoms with E-state index in [2.05, 4.69) is 66.8 Å². The van der Waals surface area contributed by atoms with Crippen molar-refractivity contribution in [3.63, 3.8) is 0 Å². The zero-order valence-electron chi connectivity index (χ0n) is 19.5. The first kappa shape index (κ1) is 22.2. The molecule has 4 aromatic rings. The normalized spacial score (nSPS) is 18.2. The average Bonchev–Trinajstić information content (AvgIpc) is 2.86. The molecule has 1 heterocycles. The molecular weight excluding hydrogens is 422 g/mol. The molecule has 0 aliphatic carbocycles. The van der Waals surface area contributed by atoms with Crippen LogP contribution in [-0.4, -0.2) is 23.7 Å². The van der Waals surface area contributed by atoms with Crippen LogP contribution in [0.25, 0.3) is 10.8 Å². The highest BCUT2D eigenvalue weighted by Gasteiger charge is 2.30. The SMILES string of the molecule is Cc1cc(C(=O)O)cc([C@@H]2C[C@H](CN[C@H](C)c3cccc4ccccc34)Oc3ccccc32)c1. The number of fused-ring (bicyclic) bond motifs is 2. The number of para-hydroxylation sites is 1. The standard InChI is InChI=1S/C30H29NO3/c1-19-14-22(16-23(15-19)30(32)33)28-17-24(34-29-13-6-5-11-27(28)29)18-31-20(2)25-12-7-9-21-8-3-4-10-26(21)25/h3-16,20,24,28,31H,17-18H2,1-2H3,(H,32,33)/t20-,24-,28+/m1/s1. The molecule has 34 heavy (non-hydrogen) atoms. The van der Waals surface area contributed by atoms with E-state index in [-0.39, 0.29) is 18.1 Å². The maximum Gasteiger partial charge on any atom is 0.335 e. The van der Waals surface area contributed by atoms with Gasteiger partial charge in [0, 0.05) is 24.1 Å². The third-order valence-corrected chi connectivity index (χ3v) is 6.78. The van der Waals surface area contributed by atoms with Crippen molar-refractivity contribution in [2.45, 2.75) is 38.3 Å². The van der Waals surface area contributed by atoms with Crippen LogP contribution >= 0.6 is 0 Å². The van der Waals surface area contributed by atoms with Crippen molar-refractivity contribution in [3.05, 3.63) is 113 Å². The van der Waals surface area contributed by atoms with E-state index in [1.807, 2.05) is 31.2 Å². The summed E-state index contributed by atoms with van der Waals surface area (Å²) in [6.45, 7) is 4.84. The Morgan fingerprint density at radius 1 is 1.03 bits per heavy atom. The number of benzene rings is 4. The Balaban J connectivity index is 1.39. The van der Waals surface area contributed by atoms with Gasteiger partial charge in [0.15, 0.2) is 0 Å². The van der Waals surface area contributed by atoms with Gasteiger partial charge in [-0.25, -0.2) is 4.79 Å². The second-order valence-electron chi connectivity index (χ2n) is 9.20. The summed E-state index contributed by atoms with van der Waals surface area (Å²) in [5.74, 6) is 0.0665. The Labute approximate surface area is 200 Å². The van der Waals surface area contributed by atoms with E-state index in [9.17, 15) is 9.90 Å². The van der Waals surface area contributed by atoms with Crippen molar-refractivity contribution < 1.29 is 14.6 Å². The lowest BCUT2D eigenvalue weighted by atomic mass is 9.83. The largest absolute Gasteiger partial charge is 0.489 e. The molecule has 0 fully saturated rings. The fourth-order valence-electron chi connectivity index (χ4n) is 5.12. The van der Waals surface area contributed by atoms with Crippen LogP contribution in [0, 0.1) is 6.92 Å². The third-order valence-electron chi connectivity index (χ3n) is 6.78. The number of carboxylic acid groups (broad SMARTS) is 1. The second kappa shape index (κ2) is 9.32. The van der Waals surface area contributed by atoms with Gasteiger partial charge in [-0.05, 0) is 65.9 Å². The minimum atomic E-state index is -0.896. The van der Waals surface area contributed by atoms with Gasteiger partial charge in [0.1, 0.15) is 11.9 Å². The highest BCUT2D eigenvalue weighted by molar-refractivity contribution is 5.88. The van der Waals surface area contributed by atoms with E-state index in [0.29, 0.717) is 12.1 Å². The third kappa shape index (κ3) is 4.42. The van der Waals surface area contributed by atoms with Crippen LogP contribution in [0.2, 0.25) is 0 Å². The molecule has 5 rings (SSSR count). The number of hydrogen-bond donors (Lipinski definition) is 2. The quantitative estimate of drug-likeness (QED) is 0.352. The summed E-state index contributed by atoms with van der Waals surface area (Å²) in [7, 11) is 0. The summed E-state index contributed by atoms with van der Waals surface area (Å²) < 4.78 is 6.39. The maximum atomic E-state index is 11.7. The smallest absolute Gasteiger partial charge is 0.335 e. The Morgan fingerprint density at radius 3 is 2.65 bits per heavy atom. The van der Waals surface area contributed by atoms with Crippen LogP contribution in [0.3, 0.4) is 0 Å². The van der Waals surface area contributed by atoms with Gasteiger partial charge in [-0.3, -0.25) is 0 Å². The summed E-state index contributed by atoms with van der Waals surface area (Å²) in [5, 5.41) is 15.8. The first-order chi connectivity index (χ1) is 16.5. The van der Waals surface area contributed by atoms with Gasteiger partial charge in [0.25, 0.3) is 0 Å². The van der Waals surface area contributed by atoms with Crippen molar-refractivity contribution in [2.24, 2.45) is 0 Å². The molecule has 3 atom stereocenters. The molecular formula is C30H29NO3. The van der Waals surface area contributed by atoms with Crippen molar-refractivity contribution in [1.29, 1.82) is 0 Å². The van der Waals surface area contributed by atoms with E-state index in [4.69, 9.17) is 4.74 Å². The van der Waals surface area contributed by atoms with Gasteiger partial charge in [-0.1, -0.05) is 66.7 Å². The van der Waals surface area contributed by atoms with E-state index in [0.717, 1.165) is 28.9 Å². The molecule has 0 spiro atoms. The molecule has 2 N–H and O–H groups in total. The number of nitrogens with one attached hydrogen (secondary N) is 1. The maximum absolute atomic E-state index is 11.7. The van der Waals surface area contributed by atoms with Crippen molar-refractivity contribution in [1.82, 2.24) is 5.32 Å². The molecule has 172 valence electrons. The van der Waals surface area contributed by atoms with Gasteiger partial charge in [-0.15, -0.1) is 0 Å². The molecule has 0 aromatic heterocycles. The predicted octanol–water partition coefficient (Wildman–Crippen LogP) is 6.48. The number of hydrogen-bond acceptors (Lipinski definition) is 3. The second-order valence-corrected chi connectivity index (χ2v) is 9.20. The molecule has 4 nitrogen and oxygen atoms in total. The molecule has 4 heteroatoms. The van der Waals surface area contributed by atoms with E-state index < -0.39 is 5.97 Å². The first-order valence-electron chi connectivity index (χ1n) is 11.8. The molecule has 1 aliphatic heterocycles. The van der Waals surface area contributed by atoms with Crippen molar-refractivity contribution in [2.75, 3.05) is 6.54 Å². The number of aromatic carboxylic acids is 1. The van der Waals surface area contributed by atoms with Crippen LogP contribution in [-0.2, 0) is 0 Å². The number of rotatable bonds is 6. The summed E-state index contributed by atoms with van der Waals surface area (Å²) in [4.78, 5) is 11.7. The summed E-state index contributed by atoms with van der Waals surface area (Å²) in [6.07, 6.45) is 0.764. The highest BCUT2D eigenvalue weighted by atomic mass is 16.5. The van der Waals surface area contributed by atoms with Crippen LogP contribution in [0.15, 0.2) is 84.9 Å². The van der Waals surface area contributed by atoms with Crippen molar-refractivity contribution in [3.8, 4) is 5.75 Å². The predicted molar refractivity (Wildman–Crippen MR) is 136 cm³/mol. The van der Waals surface area contributed by atoms with E-state index in [1.54, 1.807) is 6.07 Å². The number of carboxylic acids is 1. The lowest BCUT2D eigenvalue weighted by molar-refractivity contribution is 0.0696. The van der Waals surface area contributed by atoms with Gasteiger partial charge in [-0.2, -0.15) is 0 Å². The molecule has 4 aromatic carbocycles. The first-order valence-corrected chi connectivity index (χ1v) is 11.8. The van der Waals surface area contributed by atoms with E-state index >= 15 is 0 Å². The minimum absolute atomic E-state index is 0.0221. The summed E-state index contributed by atoms with van der Waals surface area (Å²) in [6, 6.07) is 28.8. The Hall–Kier alpha value is -3.63. The van der Waals surface area contributed by atoms with Crippen molar-refractivity contribution >= 4 is 16.7 Å². The van der Waals surface area contributed by atoms with Crippen LogP contribution < -0.4 is 10.1 Å². The van der Waals surface area contributed by atoms with Crippen LogP contribution in [0.4, 0.5) is 0 Å². The topological polar surface area (TPSA) is 58.6 Å². The molecule has 0 saturated carbocycles. The lowest BCUT2D eigenvalue weighted by Crippen LogP contribution is -2.37. The number of carbonyl (C=O) groups is 1. The fraction of sp³-hybridized carbons (Fsp3) is 0.233. The lowest BCUT2D eigenvalue weighted by Gasteiger charge is -2.33. The summed E-state index contributed by atoms with van der Waals surface area (Å²) in [5.41, 5.74) is 4.70. The number of ether oxygens (including phenoxy) is 1. The molecule has 0 unspecified atom stereocenters. The Morgan fingerprint density at radius 2 is 1.79 bits per heavy atom. The number of aryl methyl sites for hydroxylation is 1.